The highest BCUT2D eigenvalue weighted by Crippen LogP contribution is 2.37. The SMILES string of the molecule is CCOC(=O)CC1(O)CCN2CCC1C2. The molecule has 2 fully saturated rings. The van der Waals surface area contributed by atoms with Crippen LogP contribution in [0.4, 0.5) is 0 Å². The number of aliphatic hydroxyl groups is 1. The van der Waals surface area contributed by atoms with Crippen molar-refractivity contribution >= 4 is 5.97 Å². The van der Waals surface area contributed by atoms with E-state index in [0.29, 0.717) is 13.0 Å². The van der Waals surface area contributed by atoms with Crippen LogP contribution in [-0.4, -0.2) is 47.8 Å². The number of nitrogens with zero attached hydrogens (tertiary/aromatic N) is 1. The van der Waals surface area contributed by atoms with Crippen LogP contribution in [0.3, 0.4) is 0 Å². The van der Waals surface area contributed by atoms with E-state index in [4.69, 9.17) is 4.74 Å². The maximum absolute atomic E-state index is 11.4. The molecule has 2 aliphatic rings. The van der Waals surface area contributed by atoms with Crippen molar-refractivity contribution in [1.82, 2.24) is 4.90 Å². The molecule has 2 saturated heterocycles. The molecule has 0 amide bonds. The summed E-state index contributed by atoms with van der Waals surface area (Å²) < 4.78 is 4.90. The van der Waals surface area contributed by atoms with Gasteiger partial charge in [-0.3, -0.25) is 4.79 Å². The molecule has 0 aliphatic carbocycles. The Morgan fingerprint density at radius 1 is 1.60 bits per heavy atom. The van der Waals surface area contributed by atoms with E-state index in [1.165, 1.54) is 0 Å². The van der Waals surface area contributed by atoms with E-state index in [-0.39, 0.29) is 18.3 Å². The predicted molar refractivity (Wildman–Crippen MR) is 55.4 cm³/mol. The van der Waals surface area contributed by atoms with Crippen LogP contribution in [0.5, 0.6) is 0 Å². The average Bonchev–Trinajstić information content (AvgIpc) is 2.58. The van der Waals surface area contributed by atoms with Crippen molar-refractivity contribution in [1.29, 1.82) is 0 Å². The minimum Gasteiger partial charge on any atom is -0.466 e. The Hall–Kier alpha value is -0.610. The van der Waals surface area contributed by atoms with Crippen LogP contribution in [0.2, 0.25) is 0 Å². The van der Waals surface area contributed by atoms with E-state index >= 15 is 0 Å². The monoisotopic (exact) mass is 213 g/mol. The van der Waals surface area contributed by atoms with Crippen LogP contribution < -0.4 is 0 Å². The number of esters is 1. The second-order valence-electron chi connectivity index (χ2n) is 4.62. The van der Waals surface area contributed by atoms with Gasteiger partial charge < -0.3 is 14.7 Å². The third kappa shape index (κ3) is 2.16. The van der Waals surface area contributed by atoms with Crippen molar-refractivity contribution < 1.29 is 14.6 Å². The molecule has 0 radical (unpaired) electrons. The first kappa shape index (κ1) is 10.9. The molecule has 1 N–H and O–H groups in total. The molecule has 4 heteroatoms. The summed E-state index contributed by atoms with van der Waals surface area (Å²) in [5.74, 6) is -0.00370. The summed E-state index contributed by atoms with van der Waals surface area (Å²) in [6.45, 7) is 5.10. The molecule has 2 heterocycles. The lowest BCUT2D eigenvalue weighted by molar-refractivity contribution is -0.152. The standard InChI is InChI=1S/C11H19NO3/c1-2-15-10(13)7-11(14)4-6-12-5-3-9(11)8-12/h9,14H,2-8H2,1H3. The minimum atomic E-state index is -0.806. The molecule has 86 valence electrons. The number of hydrogen-bond acceptors (Lipinski definition) is 4. The topological polar surface area (TPSA) is 49.8 Å². The highest BCUT2D eigenvalue weighted by Gasteiger charge is 2.46. The molecule has 2 bridgehead atoms. The highest BCUT2D eigenvalue weighted by molar-refractivity contribution is 5.70. The van der Waals surface area contributed by atoms with Crippen molar-refractivity contribution in [3.05, 3.63) is 0 Å². The van der Waals surface area contributed by atoms with E-state index in [2.05, 4.69) is 4.90 Å². The summed E-state index contributed by atoms with van der Waals surface area (Å²) in [6.07, 6.45) is 1.88. The Labute approximate surface area is 90.2 Å². The number of fused-ring (bicyclic) bond motifs is 2. The number of piperidine rings is 1. The smallest absolute Gasteiger partial charge is 0.308 e. The van der Waals surface area contributed by atoms with Crippen LogP contribution in [0.15, 0.2) is 0 Å². The molecule has 4 nitrogen and oxygen atoms in total. The first-order valence-electron chi connectivity index (χ1n) is 5.74. The van der Waals surface area contributed by atoms with Gasteiger partial charge in [0.1, 0.15) is 0 Å². The van der Waals surface area contributed by atoms with E-state index in [1.54, 1.807) is 6.92 Å². The van der Waals surface area contributed by atoms with Gasteiger partial charge in [-0.05, 0) is 26.3 Å². The molecule has 15 heavy (non-hydrogen) atoms. The molecule has 0 saturated carbocycles. The zero-order chi connectivity index (χ0) is 10.9. The number of hydrogen-bond donors (Lipinski definition) is 1. The van der Waals surface area contributed by atoms with Crippen molar-refractivity contribution in [2.45, 2.75) is 31.8 Å². The maximum atomic E-state index is 11.4. The molecule has 0 aromatic carbocycles. The second kappa shape index (κ2) is 4.10. The van der Waals surface area contributed by atoms with Crippen LogP contribution in [-0.2, 0) is 9.53 Å². The molecule has 0 spiro atoms. The minimum absolute atomic E-state index is 0.166. The van der Waals surface area contributed by atoms with Crippen molar-refractivity contribution in [2.24, 2.45) is 5.92 Å². The fraction of sp³-hybridized carbons (Fsp3) is 0.909. The molecule has 3 atom stereocenters. The summed E-state index contributed by atoms with van der Waals surface area (Å²) in [5.41, 5.74) is -0.806. The first-order valence-corrected chi connectivity index (χ1v) is 5.74. The Kier molecular flexibility index (Phi) is 2.98. The summed E-state index contributed by atoms with van der Waals surface area (Å²) in [6, 6.07) is 0. The zero-order valence-corrected chi connectivity index (χ0v) is 9.24. The quantitative estimate of drug-likeness (QED) is 0.689. The predicted octanol–water partition coefficient (Wildman–Crippen LogP) is 0.396. The van der Waals surface area contributed by atoms with Crippen LogP contribution in [0, 0.1) is 5.92 Å². The van der Waals surface area contributed by atoms with E-state index in [0.717, 1.165) is 26.1 Å². The van der Waals surface area contributed by atoms with Crippen LogP contribution in [0.25, 0.3) is 0 Å². The number of carbonyl (C=O) groups excluding carboxylic acids is 1. The third-order valence-electron chi connectivity index (χ3n) is 3.65. The Morgan fingerprint density at radius 2 is 2.40 bits per heavy atom. The molecular weight excluding hydrogens is 194 g/mol. The lowest BCUT2D eigenvalue weighted by Crippen LogP contribution is -2.47. The van der Waals surface area contributed by atoms with E-state index in [9.17, 15) is 9.90 Å². The fourth-order valence-corrected chi connectivity index (χ4v) is 2.72. The van der Waals surface area contributed by atoms with Gasteiger partial charge in [-0.2, -0.15) is 0 Å². The van der Waals surface area contributed by atoms with Gasteiger partial charge in [0.25, 0.3) is 0 Å². The summed E-state index contributed by atoms with van der Waals surface area (Å²) in [4.78, 5) is 13.7. The molecule has 2 rings (SSSR count). The molecule has 3 unspecified atom stereocenters. The number of rotatable bonds is 3. The van der Waals surface area contributed by atoms with Gasteiger partial charge >= 0.3 is 5.97 Å². The van der Waals surface area contributed by atoms with E-state index < -0.39 is 5.60 Å². The van der Waals surface area contributed by atoms with Gasteiger partial charge in [0.2, 0.25) is 0 Å². The molecule has 2 aliphatic heterocycles. The average molecular weight is 213 g/mol. The second-order valence-corrected chi connectivity index (χ2v) is 4.62. The first-order chi connectivity index (χ1) is 7.14. The lowest BCUT2D eigenvalue weighted by atomic mass is 9.80. The fourth-order valence-electron chi connectivity index (χ4n) is 2.72. The number of carbonyl (C=O) groups is 1. The van der Waals surface area contributed by atoms with Gasteiger partial charge in [0.15, 0.2) is 0 Å². The van der Waals surface area contributed by atoms with Gasteiger partial charge in [-0.25, -0.2) is 0 Å². The van der Waals surface area contributed by atoms with Crippen molar-refractivity contribution in [3.8, 4) is 0 Å². The summed E-state index contributed by atoms with van der Waals surface area (Å²) in [5, 5.41) is 10.4. The Morgan fingerprint density at radius 3 is 3.13 bits per heavy atom. The molecule has 0 aromatic heterocycles. The normalized spacial score (nSPS) is 39.1. The van der Waals surface area contributed by atoms with Crippen molar-refractivity contribution in [2.75, 3.05) is 26.2 Å². The third-order valence-corrected chi connectivity index (χ3v) is 3.65. The molecule has 0 aromatic rings. The summed E-state index contributed by atoms with van der Waals surface area (Å²) in [7, 11) is 0. The Balaban J connectivity index is 1.96. The zero-order valence-electron chi connectivity index (χ0n) is 9.24. The Bertz CT molecular complexity index is 256. The van der Waals surface area contributed by atoms with Gasteiger partial charge in [0, 0.05) is 19.0 Å². The van der Waals surface area contributed by atoms with E-state index in [1.807, 2.05) is 0 Å². The van der Waals surface area contributed by atoms with Gasteiger partial charge in [0.05, 0.1) is 18.6 Å². The van der Waals surface area contributed by atoms with Crippen LogP contribution in [0.1, 0.15) is 26.2 Å². The van der Waals surface area contributed by atoms with Gasteiger partial charge in [-0.15, -0.1) is 0 Å². The number of ether oxygens (including phenoxy) is 1. The molecular formula is C11H19NO3. The largest absolute Gasteiger partial charge is 0.466 e. The summed E-state index contributed by atoms with van der Waals surface area (Å²) >= 11 is 0. The van der Waals surface area contributed by atoms with Crippen LogP contribution >= 0.6 is 0 Å². The lowest BCUT2D eigenvalue weighted by Gasteiger charge is -2.37. The van der Waals surface area contributed by atoms with Gasteiger partial charge in [-0.1, -0.05) is 0 Å². The highest BCUT2D eigenvalue weighted by atomic mass is 16.5. The van der Waals surface area contributed by atoms with Crippen molar-refractivity contribution in [3.63, 3.8) is 0 Å². The maximum Gasteiger partial charge on any atom is 0.308 e.